The summed E-state index contributed by atoms with van der Waals surface area (Å²) in [5, 5.41) is 12.4. The highest BCUT2D eigenvalue weighted by atomic mass is 32.2. The van der Waals surface area contributed by atoms with Crippen LogP contribution >= 0.6 is 0 Å². The summed E-state index contributed by atoms with van der Waals surface area (Å²) in [5.41, 5.74) is 7.65. The van der Waals surface area contributed by atoms with Gasteiger partial charge in [0, 0.05) is 5.69 Å². The van der Waals surface area contributed by atoms with Gasteiger partial charge in [-0.3, -0.25) is 14.9 Å². The highest BCUT2D eigenvalue weighted by Crippen LogP contribution is 2.27. The number of aliphatic carboxylic acids is 1. The maximum Gasteiger partial charge on any atom is 0.490 e. The molecule has 0 radical (unpaired) electrons. The number of hydrogen-bond donors (Lipinski definition) is 5. The van der Waals surface area contributed by atoms with Gasteiger partial charge in [0.25, 0.3) is 0 Å². The Kier molecular flexibility index (Phi) is 14.1. The molecule has 0 saturated carbocycles. The highest BCUT2D eigenvalue weighted by molar-refractivity contribution is 7.89. The number of nitrogens with two attached hydrogens (primary N) is 1. The van der Waals surface area contributed by atoms with Crippen LogP contribution in [0.5, 0.6) is 11.5 Å². The number of ether oxygens (including phenoxy) is 2. The second kappa shape index (κ2) is 16.5. The quantitative estimate of drug-likeness (QED) is 0.180. The van der Waals surface area contributed by atoms with Gasteiger partial charge in [0.15, 0.2) is 17.5 Å². The van der Waals surface area contributed by atoms with E-state index < -0.39 is 40.0 Å². The molecular weight excluding hydrogens is 611 g/mol. The number of guanidine groups is 1. The van der Waals surface area contributed by atoms with E-state index in [1.165, 1.54) is 33.4 Å². The Morgan fingerprint density at radius 1 is 1.05 bits per heavy atom. The normalized spacial score (nSPS) is 12.5. The molecule has 2 rings (SSSR count). The maximum atomic E-state index is 13.1. The van der Waals surface area contributed by atoms with E-state index in [1.54, 1.807) is 31.2 Å². The number of halogens is 3. The highest BCUT2D eigenvalue weighted by Gasteiger charge is 2.38. The number of sulfonamides is 1. The Bertz CT molecular complexity index is 1460. The first-order valence-electron chi connectivity index (χ1n) is 12.8. The van der Waals surface area contributed by atoms with Gasteiger partial charge in [-0.25, -0.2) is 22.9 Å². The first-order chi connectivity index (χ1) is 20.3. The molecule has 2 amide bonds. The van der Waals surface area contributed by atoms with Crippen molar-refractivity contribution >= 4 is 39.5 Å². The first kappa shape index (κ1) is 37.6. The number of hydrogen-bond acceptors (Lipinski definition) is 8. The van der Waals surface area contributed by atoms with Crippen molar-refractivity contribution in [2.75, 3.05) is 26.6 Å². The molecule has 244 valence electrons. The van der Waals surface area contributed by atoms with Crippen LogP contribution in [-0.4, -0.2) is 70.8 Å². The number of amides is 2. The molecule has 0 heterocycles. The van der Waals surface area contributed by atoms with Gasteiger partial charge in [-0.05, 0) is 61.7 Å². The smallest absolute Gasteiger partial charge is 0.490 e. The Morgan fingerprint density at radius 2 is 1.64 bits per heavy atom. The molecule has 17 heteroatoms. The number of nitrogens with one attached hydrogen (secondary N) is 3. The molecule has 0 aromatic heterocycles. The van der Waals surface area contributed by atoms with Crippen molar-refractivity contribution < 1.29 is 50.6 Å². The molecular formula is C27H36F3N5O8S. The molecule has 2 aromatic carbocycles. The summed E-state index contributed by atoms with van der Waals surface area (Å²) >= 11 is 0. The van der Waals surface area contributed by atoms with Gasteiger partial charge in [-0.15, -0.1) is 0 Å². The fourth-order valence-corrected chi connectivity index (χ4v) is 4.22. The molecule has 0 aliphatic heterocycles. The standard InChI is InChI=1S/C25H35N5O6S.C2HF3O2/c1-15(2)11-20(24(32)28-19-14-18(9-7-16(19)3)37(33,34)27-4)29-25(26)30-23(31)13-17-8-10-21(35-5)22(12-17)36-6;3-2(4,5)1(6)7/h7-10,12,14-15,20,27H,11,13H2,1-6H3,(H,28,32)(H3,26,29,30,31);(H,6,7)/t20-;/m1./s1. The van der Waals surface area contributed by atoms with Gasteiger partial charge in [0.05, 0.1) is 25.5 Å². The molecule has 2 aromatic rings. The van der Waals surface area contributed by atoms with Crippen LogP contribution < -0.4 is 30.6 Å². The second-order valence-electron chi connectivity index (χ2n) is 9.55. The molecule has 0 aliphatic rings. The number of aliphatic imine (C=N–C) groups is 1. The van der Waals surface area contributed by atoms with Crippen molar-refractivity contribution in [3.63, 3.8) is 0 Å². The van der Waals surface area contributed by atoms with Crippen molar-refractivity contribution in [1.82, 2.24) is 10.0 Å². The van der Waals surface area contributed by atoms with E-state index in [2.05, 4.69) is 20.3 Å². The Morgan fingerprint density at radius 3 is 2.14 bits per heavy atom. The molecule has 1 atom stereocenters. The van der Waals surface area contributed by atoms with Gasteiger partial charge in [0.2, 0.25) is 21.8 Å². The minimum absolute atomic E-state index is 0.00351. The summed E-state index contributed by atoms with van der Waals surface area (Å²) in [5.74, 6) is -2.73. The molecule has 0 aliphatic carbocycles. The van der Waals surface area contributed by atoms with Crippen LogP contribution in [0.2, 0.25) is 0 Å². The summed E-state index contributed by atoms with van der Waals surface area (Å²) in [6.45, 7) is 5.59. The molecule has 0 fully saturated rings. The minimum atomic E-state index is -5.08. The lowest BCUT2D eigenvalue weighted by atomic mass is 10.0. The van der Waals surface area contributed by atoms with Gasteiger partial charge in [0.1, 0.15) is 6.04 Å². The van der Waals surface area contributed by atoms with Crippen LogP contribution in [-0.2, 0) is 30.8 Å². The average molecular weight is 648 g/mol. The van der Waals surface area contributed by atoms with E-state index in [-0.39, 0.29) is 23.2 Å². The lowest BCUT2D eigenvalue weighted by Gasteiger charge is -2.18. The van der Waals surface area contributed by atoms with Crippen molar-refractivity contribution in [3.8, 4) is 11.5 Å². The number of carbonyl (C=O) groups excluding carboxylic acids is 2. The van der Waals surface area contributed by atoms with Crippen molar-refractivity contribution in [2.45, 2.75) is 50.7 Å². The largest absolute Gasteiger partial charge is 0.493 e. The minimum Gasteiger partial charge on any atom is -0.493 e. The Hall–Kier alpha value is -4.38. The van der Waals surface area contributed by atoms with Crippen LogP contribution in [0.4, 0.5) is 18.9 Å². The van der Waals surface area contributed by atoms with Gasteiger partial charge >= 0.3 is 12.1 Å². The third kappa shape index (κ3) is 12.1. The zero-order chi connectivity index (χ0) is 33.8. The summed E-state index contributed by atoms with van der Waals surface area (Å²) < 4.78 is 68.8. The van der Waals surface area contributed by atoms with Crippen LogP contribution in [0.1, 0.15) is 31.4 Å². The van der Waals surface area contributed by atoms with Crippen molar-refractivity contribution in [1.29, 1.82) is 0 Å². The fourth-order valence-electron chi connectivity index (χ4n) is 3.46. The Balaban J connectivity index is 0.00000123. The van der Waals surface area contributed by atoms with Crippen molar-refractivity contribution in [2.24, 2.45) is 16.6 Å². The van der Waals surface area contributed by atoms with E-state index in [0.29, 0.717) is 34.7 Å². The molecule has 13 nitrogen and oxygen atoms in total. The molecule has 0 spiro atoms. The van der Waals surface area contributed by atoms with Crippen molar-refractivity contribution in [3.05, 3.63) is 47.5 Å². The van der Waals surface area contributed by atoms with Crippen LogP contribution in [0, 0.1) is 12.8 Å². The number of nitrogens with zero attached hydrogens (tertiary/aromatic N) is 1. The van der Waals surface area contributed by atoms with E-state index in [9.17, 15) is 31.2 Å². The number of methoxy groups -OCH3 is 2. The van der Waals surface area contributed by atoms with E-state index >= 15 is 0 Å². The molecule has 6 N–H and O–H groups in total. The number of alkyl halides is 3. The summed E-state index contributed by atoms with van der Waals surface area (Å²) in [6, 6.07) is 8.63. The molecule has 44 heavy (non-hydrogen) atoms. The number of anilines is 1. The summed E-state index contributed by atoms with van der Waals surface area (Å²) in [7, 11) is 0.643. The lowest BCUT2D eigenvalue weighted by molar-refractivity contribution is -0.192. The lowest BCUT2D eigenvalue weighted by Crippen LogP contribution is -2.40. The SMILES string of the molecule is CNS(=O)(=O)c1ccc(C)c(NC(=O)[C@@H](CC(C)C)N=C(N)NC(=O)Cc2ccc(OC)c(OC)c2)c1.O=C(O)C(F)(F)F. The third-order valence-corrected chi connectivity index (χ3v) is 7.07. The summed E-state index contributed by atoms with van der Waals surface area (Å²) in [6.07, 6.45) is -4.73. The molecule has 0 bridgehead atoms. The first-order valence-corrected chi connectivity index (χ1v) is 14.3. The van der Waals surface area contributed by atoms with Crippen LogP contribution in [0.25, 0.3) is 0 Å². The molecule has 0 saturated heterocycles. The number of carboxylic acid groups (broad SMARTS) is 1. The van der Waals surface area contributed by atoms with Gasteiger partial charge in [-0.2, -0.15) is 13.2 Å². The fraction of sp³-hybridized carbons (Fsp3) is 0.407. The van der Waals surface area contributed by atoms with Crippen LogP contribution in [0.15, 0.2) is 46.3 Å². The number of carboxylic acids is 1. The third-order valence-electron chi connectivity index (χ3n) is 5.66. The number of aryl methyl sites for hydroxylation is 1. The van der Waals surface area contributed by atoms with Crippen LogP contribution in [0.3, 0.4) is 0 Å². The Labute approximate surface area is 253 Å². The predicted octanol–water partition coefficient (Wildman–Crippen LogP) is 2.58. The van der Waals surface area contributed by atoms with E-state index in [4.69, 9.17) is 25.1 Å². The average Bonchev–Trinajstić information content (AvgIpc) is 2.93. The van der Waals surface area contributed by atoms with Gasteiger partial charge < -0.3 is 25.6 Å². The number of carbonyl (C=O) groups is 3. The monoisotopic (exact) mass is 647 g/mol. The van der Waals surface area contributed by atoms with E-state index in [1.807, 2.05) is 13.8 Å². The maximum absolute atomic E-state index is 13.1. The zero-order valence-electron chi connectivity index (χ0n) is 24.9. The molecule has 0 unspecified atom stereocenters. The zero-order valence-corrected chi connectivity index (χ0v) is 25.7. The summed E-state index contributed by atoms with van der Waals surface area (Å²) in [4.78, 5) is 38.8. The topological polar surface area (TPSA) is 199 Å². The van der Waals surface area contributed by atoms with Gasteiger partial charge in [-0.1, -0.05) is 26.0 Å². The number of rotatable bonds is 11. The predicted molar refractivity (Wildman–Crippen MR) is 156 cm³/mol. The number of benzene rings is 2. The van der Waals surface area contributed by atoms with E-state index in [0.717, 1.165) is 0 Å². The second-order valence-corrected chi connectivity index (χ2v) is 11.4.